The summed E-state index contributed by atoms with van der Waals surface area (Å²) >= 11 is 0. The molecule has 2 nitrogen and oxygen atoms in total. The summed E-state index contributed by atoms with van der Waals surface area (Å²) in [7, 11) is -1.81. The van der Waals surface area contributed by atoms with Crippen molar-refractivity contribution >= 4 is 14.0 Å². The predicted molar refractivity (Wildman–Crippen MR) is 63.2 cm³/mol. The molecule has 0 aliphatic rings. The molecule has 0 saturated carbocycles. The van der Waals surface area contributed by atoms with Gasteiger partial charge in [0.2, 0.25) is 0 Å². The van der Waals surface area contributed by atoms with Crippen LogP contribution in [0.25, 0.3) is 0 Å². The summed E-state index contributed by atoms with van der Waals surface area (Å²) in [5.74, 6) is -0.720. The fourth-order valence-electron chi connectivity index (χ4n) is 1.71. The van der Waals surface area contributed by atoms with Crippen LogP contribution in [-0.4, -0.2) is 19.1 Å². The summed E-state index contributed by atoms with van der Waals surface area (Å²) in [5, 5.41) is 8.86. The molecule has 0 fully saturated rings. The molecular weight excluding hydrogens is 192 g/mol. The monoisotopic (exact) mass is 210 g/mol. The minimum absolute atomic E-state index is 0.275. The minimum Gasteiger partial charge on any atom is -0.481 e. The van der Waals surface area contributed by atoms with Gasteiger partial charge in [0.15, 0.2) is 0 Å². The van der Waals surface area contributed by atoms with Crippen molar-refractivity contribution < 1.29 is 9.90 Å². The Hall–Kier alpha value is -1.09. The second kappa shape index (κ2) is 6.37. The first-order chi connectivity index (χ1) is 6.60. The maximum absolute atomic E-state index is 10.8. The van der Waals surface area contributed by atoms with Crippen LogP contribution in [0.5, 0.6) is 0 Å². The molecule has 0 aromatic heterocycles. The van der Waals surface area contributed by atoms with Gasteiger partial charge in [-0.05, 0) is 18.1 Å². The molecular formula is C11H18O2Si. The maximum atomic E-state index is 10.8. The summed E-state index contributed by atoms with van der Waals surface area (Å²) in [4.78, 5) is 10.8. The zero-order valence-electron chi connectivity index (χ0n) is 8.54. The van der Waals surface area contributed by atoms with Crippen LogP contribution in [0.2, 0.25) is 24.2 Å². The van der Waals surface area contributed by atoms with Crippen molar-refractivity contribution in [1.29, 1.82) is 0 Å². The van der Waals surface area contributed by atoms with Crippen molar-refractivity contribution in [3.63, 3.8) is 0 Å². The topological polar surface area (TPSA) is 37.3 Å². The Bertz CT molecular complexity index is 207. The van der Waals surface area contributed by atoms with Crippen LogP contribution in [-0.2, 0) is 4.79 Å². The van der Waals surface area contributed by atoms with E-state index in [1.165, 1.54) is 0 Å². The first kappa shape index (κ1) is 12.9. The lowest BCUT2D eigenvalue weighted by Gasteiger charge is -2.26. The highest BCUT2D eigenvalue weighted by molar-refractivity contribution is 6.83. The van der Waals surface area contributed by atoms with E-state index in [0.29, 0.717) is 0 Å². The van der Waals surface area contributed by atoms with Crippen LogP contribution in [0.4, 0.5) is 0 Å². The van der Waals surface area contributed by atoms with E-state index in [2.05, 4.69) is 19.7 Å². The molecule has 3 heteroatoms. The van der Waals surface area contributed by atoms with Gasteiger partial charge in [0.1, 0.15) is 0 Å². The molecule has 0 aliphatic carbocycles. The van der Waals surface area contributed by atoms with Gasteiger partial charge in [-0.3, -0.25) is 4.79 Å². The van der Waals surface area contributed by atoms with Crippen molar-refractivity contribution in [1.82, 2.24) is 0 Å². The molecule has 1 N–H and O–H groups in total. The third-order valence-corrected chi connectivity index (χ3v) is 6.77. The summed E-state index contributed by atoms with van der Waals surface area (Å²) in [6, 6.07) is 2.73. The van der Waals surface area contributed by atoms with Gasteiger partial charge >= 0.3 is 5.97 Å². The highest BCUT2D eigenvalue weighted by atomic mass is 28.3. The van der Waals surface area contributed by atoms with Gasteiger partial charge in [-0.1, -0.05) is 18.2 Å². The minimum atomic E-state index is -1.81. The molecule has 0 saturated heterocycles. The molecule has 0 unspecified atom stereocenters. The summed E-state index contributed by atoms with van der Waals surface area (Å²) in [5.41, 5.74) is 0. The molecule has 78 valence electrons. The SMILES string of the molecule is C=CC[Si](CC=C)(CC=C)CC(=O)O. The van der Waals surface area contributed by atoms with Gasteiger partial charge in [-0.2, -0.15) is 0 Å². The number of carbonyl (C=O) groups is 1. The van der Waals surface area contributed by atoms with Crippen LogP contribution in [0.3, 0.4) is 0 Å². The number of carboxylic acids is 1. The third-order valence-electron chi connectivity index (χ3n) is 2.26. The molecule has 0 rings (SSSR count). The first-order valence-electron chi connectivity index (χ1n) is 4.64. The number of hydrogen-bond acceptors (Lipinski definition) is 1. The second-order valence-electron chi connectivity index (χ2n) is 3.55. The van der Waals surface area contributed by atoms with E-state index in [-0.39, 0.29) is 6.04 Å². The van der Waals surface area contributed by atoms with Gasteiger partial charge < -0.3 is 5.11 Å². The van der Waals surface area contributed by atoms with Crippen LogP contribution < -0.4 is 0 Å². The smallest absolute Gasteiger partial charge is 0.300 e. The van der Waals surface area contributed by atoms with Gasteiger partial charge in [0.05, 0.1) is 8.07 Å². The number of hydrogen-bond donors (Lipinski definition) is 1. The number of rotatable bonds is 8. The van der Waals surface area contributed by atoms with Crippen LogP contribution in [0, 0.1) is 0 Å². The molecule has 0 aromatic rings. The number of allylic oxidation sites excluding steroid dienone is 3. The Morgan fingerprint density at radius 1 is 1.07 bits per heavy atom. The third kappa shape index (κ3) is 4.23. The Kier molecular flexibility index (Phi) is 5.88. The quantitative estimate of drug-likeness (QED) is 0.494. The number of carboxylic acid groups (broad SMARTS) is 1. The predicted octanol–water partition coefficient (Wildman–Crippen LogP) is 3.08. The average molecular weight is 210 g/mol. The molecule has 0 spiro atoms. The second-order valence-corrected chi connectivity index (χ2v) is 8.13. The van der Waals surface area contributed by atoms with Crippen LogP contribution >= 0.6 is 0 Å². The van der Waals surface area contributed by atoms with E-state index in [0.717, 1.165) is 18.1 Å². The first-order valence-corrected chi connectivity index (χ1v) is 7.47. The Labute approximate surface area is 86.7 Å². The maximum Gasteiger partial charge on any atom is 0.300 e. The Morgan fingerprint density at radius 3 is 1.64 bits per heavy atom. The lowest BCUT2D eigenvalue weighted by molar-refractivity contribution is -0.134. The molecule has 0 atom stereocenters. The van der Waals surface area contributed by atoms with Crippen molar-refractivity contribution in [2.45, 2.75) is 24.2 Å². The lowest BCUT2D eigenvalue weighted by Crippen LogP contribution is -2.34. The Morgan fingerprint density at radius 2 is 1.43 bits per heavy atom. The van der Waals surface area contributed by atoms with E-state index < -0.39 is 14.0 Å². The number of aliphatic carboxylic acids is 1. The van der Waals surface area contributed by atoms with Gasteiger partial charge in [-0.25, -0.2) is 0 Å². The standard InChI is InChI=1S/C11H18O2Si/c1-4-7-14(8-5-2,9-6-3)10-11(12)13/h4-6H,1-3,7-10H2,(H,12,13). The fourth-order valence-corrected chi connectivity index (χ4v) is 5.12. The van der Waals surface area contributed by atoms with Crippen molar-refractivity contribution in [3.8, 4) is 0 Å². The summed E-state index contributed by atoms with van der Waals surface area (Å²) in [6.07, 6.45) is 5.46. The van der Waals surface area contributed by atoms with E-state index in [1.54, 1.807) is 0 Å². The normalized spacial score (nSPS) is 10.6. The fraction of sp³-hybridized carbons (Fsp3) is 0.364. The zero-order valence-corrected chi connectivity index (χ0v) is 9.54. The van der Waals surface area contributed by atoms with Crippen molar-refractivity contribution in [2.24, 2.45) is 0 Å². The molecule has 14 heavy (non-hydrogen) atoms. The molecule has 0 aromatic carbocycles. The lowest BCUT2D eigenvalue weighted by atomic mass is 10.7. The zero-order chi connectivity index (χ0) is 11.0. The largest absolute Gasteiger partial charge is 0.481 e. The van der Waals surface area contributed by atoms with Gasteiger partial charge in [-0.15, -0.1) is 19.7 Å². The van der Waals surface area contributed by atoms with E-state index in [4.69, 9.17) is 5.11 Å². The molecule has 0 amide bonds. The summed E-state index contributed by atoms with van der Waals surface area (Å²) < 4.78 is 0. The van der Waals surface area contributed by atoms with E-state index in [1.807, 2.05) is 18.2 Å². The molecule has 0 heterocycles. The molecule has 0 aliphatic heterocycles. The van der Waals surface area contributed by atoms with Crippen LogP contribution in [0.1, 0.15) is 0 Å². The van der Waals surface area contributed by atoms with Crippen molar-refractivity contribution in [2.75, 3.05) is 0 Å². The van der Waals surface area contributed by atoms with E-state index in [9.17, 15) is 4.79 Å². The Balaban J connectivity index is 4.69. The van der Waals surface area contributed by atoms with Crippen LogP contribution in [0.15, 0.2) is 38.0 Å². The molecule has 0 radical (unpaired) electrons. The summed E-state index contributed by atoms with van der Waals surface area (Å²) in [6.45, 7) is 11.1. The molecule has 0 bridgehead atoms. The van der Waals surface area contributed by atoms with E-state index >= 15 is 0 Å². The van der Waals surface area contributed by atoms with Crippen molar-refractivity contribution in [3.05, 3.63) is 38.0 Å². The van der Waals surface area contributed by atoms with Gasteiger partial charge in [0, 0.05) is 6.04 Å². The highest BCUT2D eigenvalue weighted by Crippen LogP contribution is 2.27. The average Bonchev–Trinajstić information content (AvgIpc) is 2.03. The van der Waals surface area contributed by atoms with Gasteiger partial charge in [0.25, 0.3) is 0 Å². The highest BCUT2D eigenvalue weighted by Gasteiger charge is 2.31.